The summed E-state index contributed by atoms with van der Waals surface area (Å²) in [6.45, 7) is 5.61. The summed E-state index contributed by atoms with van der Waals surface area (Å²) in [6.07, 6.45) is 0. The van der Waals surface area contributed by atoms with Gasteiger partial charge in [0.2, 0.25) is 0 Å². The lowest BCUT2D eigenvalue weighted by atomic mass is 10.2. The topological polar surface area (TPSA) is 51.5 Å². The number of aromatic nitrogens is 1. The van der Waals surface area contributed by atoms with E-state index in [1.54, 1.807) is 25.1 Å². The highest BCUT2D eigenvalue weighted by Crippen LogP contribution is 2.18. The number of carbonyl (C=O) groups excluding carboxylic acids is 1. The molecule has 0 radical (unpaired) electrons. The molecule has 1 aromatic carbocycles. The Kier molecular flexibility index (Phi) is 4.52. The minimum Gasteiger partial charge on any atom is -0.313 e. The number of nitrogens with zero attached hydrogens (tertiary/aromatic N) is 2. The van der Waals surface area contributed by atoms with E-state index < -0.39 is 5.97 Å². The van der Waals surface area contributed by atoms with Crippen LogP contribution in [0, 0.1) is 13.8 Å². The van der Waals surface area contributed by atoms with Gasteiger partial charge >= 0.3 is 5.97 Å². The second-order valence-electron chi connectivity index (χ2n) is 4.21. The van der Waals surface area contributed by atoms with Crippen molar-refractivity contribution in [3.05, 3.63) is 50.4 Å². The van der Waals surface area contributed by atoms with Gasteiger partial charge in [0.15, 0.2) is 0 Å². The van der Waals surface area contributed by atoms with E-state index in [0.717, 1.165) is 15.6 Å². The van der Waals surface area contributed by atoms with E-state index >= 15 is 0 Å². The van der Waals surface area contributed by atoms with Crippen molar-refractivity contribution in [2.24, 2.45) is 5.16 Å². The van der Waals surface area contributed by atoms with Crippen LogP contribution in [-0.2, 0) is 4.84 Å². The first-order valence-corrected chi connectivity index (χ1v) is 7.12. The molecular weight excluding hydrogens is 296 g/mol. The van der Waals surface area contributed by atoms with Gasteiger partial charge in [-0.2, -0.15) is 0 Å². The number of oxime groups is 1. The first-order valence-electron chi connectivity index (χ1n) is 5.93. The Hall–Kier alpha value is -1.72. The van der Waals surface area contributed by atoms with E-state index in [4.69, 9.17) is 16.4 Å². The maximum Gasteiger partial charge on any atom is 0.365 e. The Morgan fingerprint density at radius 3 is 2.75 bits per heavy atom. The monoisotopic (exact) mass is 308 g/mol. The van der Waals surface area contributed by atoms with Crippen LogP contribution in [0.25, 0.3) is 0 Å². The van der Waals surface area contributed by atoms with Gasteiger partial charge in [-0.1, -0.05) is 22.8 Å². The summed E-state index contributed by atoms with van der Waals surface area (Å²) in [5.41, 5.74) is 1.88. The van der Waals surface area contributed by atoms with Crippen LogP contribution >= 0.6 is 22.9 Å². The predicted octanol–water partition coefficient (Wildman–Crippen LogP) is 3.99. The quantitative estimate of drug-likeness (QED) is 0.489. The number of halogens is 1. The second-order valence-corrected chi connectivity index (χ2v) is 5.85. The maximum absolute atomic E-state index is 11.8. The number of carbonyl (C=O) groups is 1. The SMILES string of the molecule is CC(=NOC(=O)c1cccc(Cl)c1)c1sc(C)nc1C. The molecule has 0 aliphatic carbocycles. The summed E-state index contributed by atoms with van der Waals surface area (Å²) in [7, 11) is 0. The van der Waals surface area contributed by atoms with E-state index in [-0.39, 0.29) is 0 Å². The third-order valence-corrected chi connectivity index (χ3v) is 3.97. The van der Waals surface area contributed by atoms with Crippen LogP contribution in [0.1, 0.15) is 32.9 Å². The molecule has 1 heterocycles. The number of benzene rings is 1. The zero-order valence-electron chi connectivity index (χ0n) is 11.3. The first-order chi connectivity index (χ1) is 9.47. The van der Waals surface area contributed by atoms with Crippen molar-refractivity contribution >= 4 is 34.6 Å². The Bertz CT molecular complexity index is 680. The van der Waals surface area contributed by atoms with Crippen LogP contribution in [0.2, 0.25) is 5.02 Å². The lowest BCUT2D eigenvalue weighted by molar-refractivity contribution is 0.0516. The molecule has 0 aliphatic rings. The van der Waals surface area contributed by atoms with Crippen molar-refractivity contribution in [1.82, 2.24) is 4.98 Å². The Balaban J connectivity index is 2.13. The molecule has 104 valence electrons. The Morgan fingerprint density at radius 1 is 1.40 bits per heavy atom. The molecule has 4 nitrogen and oxygen atoms in total. The van der Waals surface area contributed by atoms with Crippen molar-refractivity contribution in [1.29, 1.82) is 0 Å². The predicted molar refractivity (Wildman–Crippen MR) is 80.7 cm³/mol. The molecule has 0 saturated heterocycles. The molecule has 0 N–H and O–H groups in total. The number of aryl methyl sites for hydroxylation is 2. The fraction of sp³-hybridized carbons (Fsp3) is 0.214. The second kappa shape index (κ2) is 6.15. The zero-order valence-corrected chi connectivity index (χ0v) is 12.9. The van der Waals surface area contributed by atoms with Crippen LogP contribution in [-0.4, -0.2) is 16.7 Å². The third kappa shape index (κ3) is 3.43. The number of rotatable bonds is 3. The van der Waals surface area contributed by atoms with Gasteiger partial charge in [-0.15, -0.1) is 11.3 Å². The molecule has 0 amide bonds. The molecule has 0 bridgehead atoms. The van der Waals surface area contributed by atoms with Crippen molar-refractivity contribution in [3.8, 4) is 0 Å². The van der Waals surface area contributed by atoms with Crippen molar-refractivity contribution in [3.63, 3.8) is 0 Å². The van der Waals surface area contributed by atoms with Crippen molar-refractivity contribution in [2.45, 2.75) is 20.8 Å². The molecule has 0 atom stereocenters. The van der Waals surface area contributed by atoms with Gasteiger partial charge in [-0.3, -0.25) is 0 Å². The van der Waals surface area contributed by atoms with E-state index in [9.17, 15) is 4.79 Å². The number of hydrogen-bond acceptors (Lipinski definition) is 5. The lowest BCUT2D eigenvalue weighted by Gasteiger charge is -2.00. The van der Waals surface area contributed by atoms with Crippen LogP contribution in [0.3, 0.4) is 0 Å². The van der Waals surface area contributed by atoms with Gasteiger partial charge in [0, 0.05) is 5.02 Å². The first kappa shape index (κ1) is 14.7. The molecule has 0 fully saturated rings. The normalized spacial score (nSPS) is 11.5. The van der Waals surface area contributed by atoms with E-state index in [2.05, 4.69) is 10.1 Å². The Morgan fingerprint density at radius 2 is 2.15 bits per heavy atom. The summed E-state index contributed by atoms with van der Waals surface area (Å²) < 4.78 is 0. The minimum absolute atomic E-state index is 0.367. The molecule has 20 heavy (non-hydrogen) atoms. The molecule has 0 saturated carbocycles. The molecule has 2 aromatic rings. The molecule has 6 heteroatoms. The molecule has 0 unspecified atom stereocenters. The van der Waals surface area contributed by atoms with Crippen LogP contribution in [0.4, 0.5) is 0 Å². The summed E-state index contributed by atoms with van der Waals surface area (Å²) in [6, 6.07) is 6.54. The molecule has 0 spiro atoms. The zero-order chi connectivity index (χ0) is 14.7. The smallest absolute Gasteiger partial charge is 0.313 e. The molecule has 0 aliphatic heterocycles. The highest BCUT2D eigenvalue weighted by Gasteiger charge is 2.11. The van der Waals surface area contributed by atoms with Crippen LogP contribution in [0.15, 0.2) is 29.4 Å². The number of hydrogen-bond donors (Lipinski definition) is 0. The largest absolute Gasteiger partial charge is 0.365 e. The Labute approximate surface area is 126 Å². The summed E-state index contributed by atoms with van der Waals surface area (Å²) in [5, 5.41) is 5.30. The maximum atomic E-state index is 11.8. The van der Waals surface area contributed by atoms with Crippen LogP contribution < -0.4 is 0 Å². The van der Waals surface area contributed by atoms with Gasteiger partial charge in [0.05, 0.1) is 26.9 Å². The summed E-state index contributed by atoms with van der Waals surface area (Å²) in [4.78, 5) is 22.0. The van der Waals surface area contributed by atoms with Crippen molar-refractivity contribution < 1.29 is 9.63 Å². The standard InChI is InChI=1S/C14H13ClN2O2S/c1-8-13(20-10(3)16-8)9(2)17-19-14(18)11-5-4-6-12(15)7-11/h4-7H,1-3H3. The highest BCUT2D eigenvalue weighted by molar-refractivity contribution is 7.13. The lowest BCUT2D eigenvalue weighted by Crippen LogP contribution is -2.03. The molecule has 2 rings (SSSR count). The average Bonchev–Trinajstić information content (AvgIpc) is 2.74. The summed E-state index contributed by atoms with van der Waals surface area (Å²) in [5.74, 6) is -0.536. The fourth-order valence-electron chi connectivity index (χ4n) is 1.69. The molecular formula is C14H13ClN2O2S. The van der Waals surface area contributed by atoms with E-state index in [1.807, 2.05) is 13.8 Å². The van der Waals surface area contributed by atoms with E-state index in [1.165, 1.54) is 17.4 Å². The van der Waals surface area contributed by atoms with E-state index in [0.29, 0.717) is 16.3 Å². The number of thiazole rings is 1. The van der Waals surface area contributed by atoms with Gasteiger partial charge in [0.25, 0.3) is 0 Å². The third-order valence-electron chi connectivity index (χ3n) is 2.56. The minimum atomic E-state index is -0.536. The highest BCUT2D eigenvalue weighted by atomic mass is 35.5. The fourth-order valence-corrected chi connectivity index (χ4v) is 2.73. The van der Waals surface area contributed by atoms with Gasteiger partial charge < -0.3 is 4.84 Å². The summed E-state index contributed by atoms with van der Waals surface area (Å²) >= 11 is 7.34. The van der Waals surface area contributed by atoms with Gasteiger partial charge in [0.1, 0.15) is 0 Å². The van der Waals surface area contributed by atoms with Gasteiger partial charge in [-0.05, 0) is 39.0 Å². The van der Waals surface area contributed by atoms with Gasteiger partial charge in [-0.25, -0.2) is 9.78 Å². The average molecular weight is 309 g/mol. The molecule has 1 aromatic heterocycles. The van der Waals surface area contributed by atoms with Crippen LogP contribution in [0.5, 0.6) is 0 Å². The van der Waals surface area contributed by atoms with Crippen molar-refractivity contribution in [2.75, 3.05) is 0 Å².